The summed E-state index contributed by atoms with van der Waals surface area (Å²) in [5.74, 6) is 0.700. The van der Waals surface area contributed by atoms with Crippen LogP contribution in [0.4, 0.5) is 11.4 Å². The molecule has 4 rings (SSSR count). The van der Waals surface area contributed by atoms with Gasteiger partial charge < -0.3 is 14.7 Å². The third-order valence-electron chi connectivity index (χ3n) is 6.00. The van der Waals surface area contributed by atoms with E-state index in [2.05, 4.69) is 52.0 Å². The predicted molar refractivity (Wildman–Crippen MR) is 117 cm³/mol. The van der Waals surface area contributed by atoms with Crippen molar-refractivity contribution in [2.24, 2.45) is 0 Å². The number of rotatable bonds is 4. The third-order valence-corrected chi connectivity index (χ3v) is 6.74. The summed E-state index contributed by atoms with van der Waals surface area (Å²) in [6, 6.07) is 15.2. The summed E-state index contributed by atoms with van der Waals surface area (Å²) in [4.78, 5) is 7.40. The van der Waals surface area contributed by atoms with Crippen LogP contribution in [0.1, 0.15) is 24.8 Å². The Labute approximate surface area is 172 Å². The Bertz CT molecular complexity index is 770. The second-order valence-electron chi connectivity index (χ2n) is 7.54. The highest BCUT2D eigenvalue weighted by Crippen LogP contribution is 2.30. The standard InChI is InChI=1S/C22H27Cl2N3/c1-2-25-10-9-18(16-25)17-3-5-19(6-4-17)26-11-13-27(14-12-26)20-7-8-21(23)22(24)15-20/h3-8,15,18H,2,9-14,16H2,1H3. The molecule has 1 atom stereocenters. The first kappa shape index (κ1) is 18.9. The number of hydrogen-bond acceptors (Lipinski definition) is 3. The molecule has 0 amide bonds. The molecule has 2 aromatic carbocycles. The average Bonchev–Trinajstić information content (AvgIpc) is 3.20. The number of likely N-dealkylation sites (N-methyl/N-ethyl adjacent to an activating group) is 1. The molecular formula is C22H27Cl2N3. The van der Waals surface area contributed by atoms with Gasteiger partial charge in [0.2, 0.25) is 0 Å². The van der Waals surface area contributed by atoms with E-state index in [9.17, 15) is 0 Å². The molecule has 0 spiro atoms. The zero-order valence-electron chi connectivity index (χ0n) is 15.9. The van der Waals surface area contributed by atoms with Crippen molar-refractivity contribution in [1.82, 2.24) is 4.90 Å². The Morgan fingerprint density at radius 2 is 1.44 bits per heavy atom. The SMILES string of the molecule is CCN1CCC(c2ccc(N3CCN(c4ccc(Cl)c(Cl)c4)CC3)cc2)C1. The van der Waals surface area contributed by atoms with Crippen molar-refractivity contribution < 1.29 is 0 Å². The van der Waals surface area contributed by atoms with Crippen LogP contribution in [0.15, 0.2) is 42.5 Å². The van der Waals surface area contributed by atoms with E-state index in [0.29, 0.717) is 16.0 Å². The first-order chi connectivity index (χ1) is 13.1. The van der Waals surface area contributed by atoms with E-state index in [0.717, 1.165) is 38.4 Å². The van der Waals surface area contributed by atoms with Gasteiger partial charge in [0.05, 0.1) is 10.0 Å². The van der Waals surface area contributed by atoms with Crippen LogP contribution in [-0.4, -0.2) is 50.7 Å². The lowest BCUT2D eigenvalue weighted by atomic mass is 9.98. The Morgan fingerprint density at radius 1 is 0.815 bits per heavy atom. The van der Waals surface area contributed by atoms with Crippen molar-refractivity contribution in [3.05, 3.63) is 58.1 Å². The predicted octanol–water partition coefficient (Wildman–Crippen LogP) is 5.13. The minimum Gasteiger partial charge on any atom is -0.368 e. The summed E-state index contributed by atoms with van der Waals surface area (Å²) < 4.78 is 0. The number of piperazine rings is 1. The van der Waals surface area contributed by atoms with Crippen molar-refractivity contribution in [3.8, 4) is 0 Å². The molecule has 5 heteroatoms. The molecule has 0 radical (unpaired) electrons. The molecule has 2 aromatic rings. The molecule has 0 aliphatic carbocycles. The number of nitrogens with zero attached hydrogens (tertiary/aromatic N) is 3. The van der Waals surface area contributed by atoms with Gasteiger partial charge in [0.25, 0.3) is 0 Å². The summed E-state index contributed by atoms with van der Waals surface area (Å²) >= 11 is 12.2. The lowest BCUT2D eigenvalue weighted by Crippen LogP contribution is -2.46. The highest BCUT2D eigenvalue weighted by Gasteiger charge is 2.23. The normalized spacial score (nSPS) is 21.1. The first-order valence-corrected chi connectivity index (χ1v) is 10.7. The monoisotopic (exact) mass is 403 g/mol. The molecule has 2 heterocycles. The van der Waals surface area contributed by atoms with Gasteiger partial charge in [-0.1, -0.05) is 42.3 Å². The van der Waals surface area contributed by atoms with Crippen LogP contribution in [0.5, 0.6) is 0 Å². The van der Waals surface area contributed by atoms with E-state index in [1.807, 2.05) is 12.1 Å². The van der Waals surface area contributed by atoms with Crippen LogP contribution in [0, 0.1) is 0 Å². The van der Waals surface area contributed by atoms with Crippen LogP contribution in [0.3, 0.4) is 0 Å². The molecule has 2 aliphatic heterocycles. The third kappa shape index (κ3) is 4.21. The van der Waals surface area contributed by atoms with E-state index in [1.165, 1.54) is 30.8 Å². The van der Waals surface area contributed by atoms with Gasteiger partial charge in [-0.3, -0.25) is 0 Å². The maximum absolute atomic E-state index is 6.17. The maximum atomic E-state index is 6.17. The Balaban J connectivity index is 1.36. The largest absolute Gasteiger partial charge is 0.368 e. The average molecular weight is 404 g/mol. The minimum absolute atomic E-state index is 0.614. The molecule has 27 heavy (non-hydrogen) atoms. The van der Waals surface area contributed by atoms with Crippen LogP contribution in [0.25, 0.3) is 0 Å². The first-order valence-electron chi connectivity index (χ1n) is 9.91. The molecule has 0 saturated carbocycles. The zero-order valence-corrected chi connectivity index (χ0v) is 17.4. The lowest BCUT2D eigenvalue weighted by Gasteiger charge is -2.37. The number of likely N-dealkylation sites (tertiary alicyclic amines) is 1. The fourth-order valence-corrected chi connectivity index (χ4v) is 4.55. The quantitative estimate of drug-likeness (QED) is 0.700. The smallest absolute Gasteiger partial charge is 0.0612 e. The van der Waals surface area contributed by atoms with Crippen molar-refractivity contribution >= 4 is 34.6 Å². The minimum atomic E-state index is 0.614. The van der Waals surface area contributed by atoms with E-state index in [4.69, 9.17) is 23.2 Å². The molecule has 1 unspecified atom stereocenters. The molecule has 144 valence electrons. The number of hydrogen-bond donors (Lipinski definition) is 0. The molecule has 2 aliphatic rings. The highest BCUT2D eigenvalue weighted by molar-refractivity contribution is 6.42. The zero-order chi connectivity index (χ0) is 18.8. The fourth-order valence-electron chi connectivity index (χ4n) is 4.25. The van der Waals surface area contributed by atoms with E-state index < -0.39 is 0 Å². The Hall–Kier alpha value is -1.42. The molecule has 0 bridgehead atoms. The summed E-state index contributed by atoms with van der Waals surface area (Å²) in [7, 11) is 0. The summed E-state index contributed by atoms with van der Waals surface area (Å²) in [6.07, 6.45) is 1.29. The van der Waals surface area contributed by atoms with E-state index in [-0.39, 0.29) is 0 Å². The summed E-state index contributed by atoms with van der Waals surface area (Å²) in [5.41, 5.74) is 3.98. The van der Waals surface area contributed by atoms with Gasteiger partial charge in [-0.2, -0.15) is 0 Å². The van der Waals surface area contributed by atoms with Crippen molar-refractivity contribution in [1.29, 1.82) is 0 Å². The number of anilines is 2. The van der Waals surface area contributed by atoms with Gasteiger partial charge in [0, 0.05) is 44.1 Å². The van der Waals surface area contributed by atoms with Gasteiger partial charge in [0.15, 0.2) is 0 Å². The van der Waals surface area contributed by atoms with Crippen molar-refractivity contribution in [2.45, 2.75) is 19.3 Å². The fraction of sp³-hybridized carbons (Fsp3) is 0.455. The molecule has 2 saturated heterocycles. The van der Waals surface area contributed by atoms with Crippen LogP contribution in [-0.2, 0) is 0 Å². The van der Waals surface area contributed by atoms with Crippen molar-refractivity contribution in [2.75, 3.05) is 55.6 Å². The van der Waals surface area contributed by atoms with Gasteiger partial charge >= 0.3 is 0 Å². The van der Waals surface area contributed by atoms with E-state index >= 15 is 0 Å². The second-order valence-corrected chi connectivity index (χ2v) is 8.36. The number of benzene rings is 2. The van der Waals surface area contributed by atoms with Crippen molar-refractivity contribution in [3.63, 3.8) is 0 Å². The Kier molecular flexibility index (Phi) is 5.82. The van der Waals surface area contributed by atoms with Crippen LogP contribution < -0.4 is 9.80 Å². The van der Waals surface area contributed by atoms with E-state index in [1.54, 1.807) is 0 Å². The topological polar surface area (TPSA) is 9.72 Å². The number of halogens is 2. The molecule has 3 nitrogen and oxygen atoms in total. The Morgan fingerprint density at radius 3 is 2.04 bits per heavy atom. The molecule has 2 fully saturated rings. The van der Waals surface area contributed by atoms with Gasteiger partial charge in [-0.15, -0.1) is 0 Å². The van der Waals surface area contributed by atoms with Gasteiger partial charge in [-0.05, 0) is 61.3 Å². The van der Waals surface area contributed by atoms with Gasteiger partial charge in [-0.25, -0.2) is 0 Å². The molecule has 0 aromatic heterocycles. The van der Waals surface area contributed by atoms with Crippen LogP contribution in [0.2, 0.25) is 10.0 Å². The molecule has 0 N–H and O–H groups in total. The lowest BCUT2D eigenvalue weighted by molar-refractivity contribution is 0.354. The summed E-state index contributed by atoms with van der Waals surface area (Å²) in [6.45, 7) is 9.89. The summed E-state index contributed by atoms with van der Waals surface area (Å²) in [5, 5.41) is 1.24. The highest BCUT2D eigenvalue weighted by atomic mass is 35.5. The van der Waals surface area contributed by atoms with Gasteiger partial charge in [0.1, 0.15) is 0 Å². The second kappa shape index (κ2) is 8.30. The molecular weight excluding hydrogens is 377 g/mol. The maximum Gasteiger partial charge on any atom is 0.0612 e. The van der Waals surface area contributed by atoms with Crippen LogP contribution >= 0.6 is 23.2 Å².